The molecule has 0 fully saturated rings. The van der Waals surface area contributed by atoms with Gasteiger partial charge in [0.2, 0.25) is 0 Å². The lowest BCUT2D eigenvalue weighted by Gasteiger charge is -2.07. The summed E-state index contributed by atoms with van der Waals surface area (Å²) in [5, 5.41) is 0. The van der Waals surface area contributed by atoms with Gasteiger partial charge in [0.15, 0.2) is 5.90 Å². The smallest absolute Gasteiger partial charge is 0.183 e. The van der Waals surface area contributed by atoms with Gasteiger partial charge in [-0.05, 0) is 20.3 Å². The number of rotatable bonds is 13. The van der Waals surface area contributed by atoms with Crippen molar-refractivity contribution in [3.8, 4) is 0 Å². The zero-order chi connectivity index (χ0) is 15.4. The molecule has 0 N–H and O–H groups in total. The van der Waals surface area contributed by atoms with Gasteiger partial charge in [-0.25, -0.2) is 4.99 Å². The standard InChI is InChI=1S/C19H37NO/c1-4-5-6-7-8-9-10-11-12-13-14-15-16-18-20-19(2,3)17-21-18/h4-17H2,1-3H3. The van der Waals surface area contributed by atoms with Crippen LogP contribution in [0, 0.1) is 0 Å². The van der Waals surface area contributed by atoms with Crippen LogP contribution in [-0.2, 0) is 4.74 Å². The first kappa shape index (κ1) is 18.5. The third kappa shape index (κ3) is 9.92. The minimum absolute atomic E-state index is 0.0203. The number of aliphatic imine (C=N–C) groups is 1. The van der Waals surface area contributed by atoms with Crippen LogP contribution < -0.4 is 0 Å². The van der Waals surface area contributed by atoms with Crippen LogP contribution >= 0.6 is 0 Å². The average molecular weight is 296 g/mol. The van der Waals surface area contributed by atoms with Crippen molar-refractivity contribution in [2.75, 3.05) is 6.61 Å². The summed E-state index contributed by atoms with van der Waals surface area (Å²) in [6.07, 6.45) is 17.9. The molecule has 1 heterocycles. The number of unbranched alkanes of at least 4 members (excludes halogenated alkanes) is 11. The molecule has 0 unspecified atom stereocenters. The highest BCUT2D eigenvalue weighted by molar-refractivity contribution is 5.78. The fourth-order valence-electron chi connectivity index (χ4n) is 2.91. The number of ether oxygens (including phenoxy) is 1. The molecule has 21 heavy (non-hydrogen) atoms. The van der Waals surface area contributed by atoms with Crippen LogP contribution in [0.3, 0.4) is 0 Å². The summed E-state index contributed by atoms with van der Waals surface area (Å²) in [4.78, 5) is 4.60. The van der Waals surface area contributed by atoms with Crippen molar-refractivity contribution in [3.63, 3.8) is 0 Å². The third-order valence-electron chi connectivity index (χ3n) is 4.26. The highest BCUT2D eigenvalue weighted by atomic mass is 16.5. The van der Waals surface area contributed by atoms with Crippen LogP contribution in [0.4, 0.5) is 0 Å². The van der Waals surface area contributed by atoms with E-state index in [2.05, 4.69) is 25.8 Å². The molecule has 0 aromatic heterocycles. The molecule has 1 aliphatic rings. The predicted octanol–water partition coefficient (Wildman–Crippen LogP) is 6.28. The minimum Gasteiger partial charge on any atom is -0.478 e. The van der Waals surface area contributed by atoms with Gasteiger partial charge in [-0.2, -0.15) is 0 Å². The van der Waals surface area contributed by atoms with E-state index < -0.39 is 0 Å². The fraction of sp³-hybridized carbons (Fsp3) is 0.947. The van der Waals surface area contributed by atoms with Gasteiger partial charge in [0, 0.05) is 6.42 Å². The summed E-state index contributed by atoms with van der Waals surface area (Å²) >= 11 is 0. The Hall–Kier alpha value is -0.530. The van der Waals surface area contributed by atoms with Crippen molar-refractivity contribution in [1.29, 1.82) is 0 Å². The molecule has 0 aromatic carbocycles. The summed E-state index contributed by atoms with van der Waals surface area (Å²) in [6, 6.07) is 0. The Morgan fingerprint density at radius 1 is 0.810 bits per heavy atom. The molecule has 0 atom stereocenters. The molecular weight excluding hydrogens is 258 g/mol. The molecule has 1 rings (SSSR count). The SMILES string of the molecule is CCCCCCCCCCCCCCC1=NC(C)(C)CO1. The summed E-state index contributed by atoms with van der Waals surface area (Å²) in [5.74, 6) is 0.993. The molecule has 0 spiro atoms. The van der Waals surface area contributed by atoms with E-state index in [-0.39, 0.29) is 5.54 Å². The molecule has 0 bridgehead atoms. The van der Waals surface area contributed by atoms with Gasteiger partial charge in [-0.3, -0.25) is 0 Å². The highest BCUT2D eigenvalue weighted by Crippen LogP contribution is 2.20. The molecule has 0 aromatic rings. The predicted molar refractivity (Wildman–Crippen MR) is 93.2 cm³/mol. The van der Waals surface area contributed by atoms with Gasteiger partial charge >= 0.3 is 0 Å². The first-order valence-electron chi connectivity index (χ1n) is 9.35. The van der Waals surface area contributed by atoms with E-state index in [0.717, 1.165) is 18.9 Å². The molecule has 1 aliphatic heterocycles. The monoisotopic (exact) mass is 295 g/mol. The van der Waals surface area contributed by atoms with Crippen molar-refractivity contribution >= 4 is 5.90 Å². The molecule has 124 valence electrons. The van der Waals surface area contributed by atoms with Crippen molar-refractivity contribution < 1.29 is 4.74 Å². The van der Waals surface area contributed by atoms with Gasteiger partial charge < -0.3 is 4.74 Å². The van der Waals surface area contributed by atoms with Gasteiger partial charge in [-0.1, -0.05) is 77.6 Å². The van der Waals surface area contributed by atoms with Crippen LogP contribution in [0.15, 0.2) is 4.99 Å². The van der Waals surface area contributed by atoms with Gasteiger partial charge in [0.05, 0.1) is 5.54 Å². The van der Waals surface area contributed by atoms with Gasteiger partial charge in [0.1, 0.15) is 6.61 Å². The molecule has 0 saturated carbocycles. The Morgan fingerprint density at radius 2 is 1.29 bits per heavy atom. The van der Waals surface area contributed by atoms with Crippen molar-refractivity contribution in [2.24, 2.45) is 4.99 Å². The Balaban J connectivity index is 1.79. The largest absolute Gasteiger partial charge is 0.478 e. The molecule has 0 saturated heterocycles. The number of hydrogen-bond donors (Lipinski definition) is 0. The normalized spacial score (nSPS) is 16.8. The first-order chi connectivity index (χ1) is 10.1. The lowest BCUT2D eigenvalue weighted by molar-refractivity contribution is 0.273. The molecule has 0 radical (unpaired) electrons. The maximum Gasteiger partial charge on any atom is 0.183 e. The van der Waals surface area contributed by atoms with Crippen LogP contribution in [0.1, 0.15) is 104 Å². The van der Waals surface area contributed by atoms with Gasteiger partial charge in [0.25, 0.3) is 0 Å². The molecular formula is C19H37NO. The Kier molecular flexibility index (Phi) is 9.78. The second-order valence-corrected chi connectivity index (χ2v) is 7.25. The van der Waals surface area contributed by atoms with E-state index >= 15 is 0 Å². The van der Waals surface area contributed by atoms with Crippen LogP contribution in [0.5, 0.6) is 0 Å². The maximum absolute atomic E-state index is 5.62. The molecule has 0 amide bonds. The average Bonchev–Trinajstić information content (AvgIpc) is 2.79. The first-order valence-corrected chi connectivity index (χ1v) is 9.35. The molecule has 2 heteroatoms. The lowest BCUT2D eigenvalue weighted by Crippen LogP contribution is -2.17. The Morgan fingerprint density at radius 3 is 1.71 bits per heavy atom. The van der Waals surface area contributed by atoms with E-state index in [4.69, 9.17) is 4.74 Å². The summed E-state index contributed by atoms with van der Waals surface area (Å²) in [7, 11) is 0. The van der Waals surface area contributed by atoms with Crippen LogP contribution in [0.2, 0.25) is 0 Å². The van der Waals surface area contributed by atoms with E-state index in [0.29, 0.717) is 0 Å². The van der Waals surface area contributed by atoms with Crippen molar-refractivity contribution in [3.05, 3.63) is 0 Å². The van der Waals surface area contributed by atoms with Crippen molar-refractivity contribution in [2.45, 2.75) is 110 Å². The summed E-state index contributed by atoms with van der Waals surface area (Å²) in [6.45, 7) is 7.33. The Labute approximate surface area is 132 Å². The lowest BCUT2D eigenvalue weighted by atomic mass is 10.0. The zero-order valence-electron chi connectivity index (χ0n) is 14.8. The van der Waals surface area contributed by atoms with Gasteiger partial charge in [-0.15, -0.1) is 0 Å². The summed E-state index contributed by atoms with van der Waals surface area (Å²) in [5.41, 5.74) is 0.0203. The maximum atomic E-state index is 5.62. The van der Waals surface area contributed by atoms with Crippen molar-refractivity contribution in [1.82, 2.24) is 0 Å². The molecule has 0 aliphatic carbocycles. The quantitative estimate of drug-likeness (QED) is 0.366. The second kappa shape index (κ2) is 11.1. The number of hydrogen-bond acceptors (Lipinski definition) is 2. The Bertz CT molecular complexity index is 283. The van der Waals surface area contributed by atoms with E-state index in [1.807, 2.05) is 0 Å². The highest BCUT2D eigenvalue weighted by Gasteiger charge is 2.25. The number of nitrogens with zero attached hydrogens (tertiary/aromatic N) is 1. The van der Waals surface area contributed by atoms with E-state index in [1.165, 1.54) is 77.0 Å². The van der Waals surface area contributed by atoms with E-state index in [9.17, 15) is 0 Å². The minimum atomic E-state index is 0.0203. The zero-order valence-corrected chi connectivity index (χ0v) is 14.8. The fourth-order valence-corrected chi connectivity index (χ4v) is 2.91. The molecule has 2 nitrogen and oxygen atoms in total. The third-order valence-corrected chi connectivity index (χ3v) is 4.26. The second-order valence-electron chi connectivity index (χ2n) is 7.25. The summed E-state index contributed by atoms with van der Waals surface area (Å²) < 4.78 is 5.62. The van der Waals surface area contributed by atoms with Crippen LogP contribution in [0.25, 0.3) is 0 Å². The van der Waals surface area contributed by atoms with Crippen LogP contribution in [-0.4, -0.2) is 18.0 Å². The topological polar surface area (TPSA) is 21.6 Å². The van der Waals surface area contributed by atoms with E-state index in [1.54, 1.807) is 0 Å².